The zero-order chi connectivity index (χ0) is 11.6. The SMILES string of the molecule is CNC(c1cc(Br)c(C)s1)C(C)C(C)C. The Morgan fingerprint density at radius 2 is 1.93 bits per heavy atom. The van der Waals surface area contributed by atoms with Crippen molar-refractivity contribution in [2.75, 3.05) is 7.05 Å². The van der Waals surface area contributed by atoms with Crippen LogP contribution in [0.4, 0.5) is 0 Å². The summed E-state index contributed by atoms with van der Waals surface area (Å²) in [5.41, 5.74) is 0. The monoisotopic (exact) mass is 289 g/mol. The predicted molar refractivity (Wildman–Crippen MR) is 72.6 cm³/mol. The molecule has 0 radical (unpaired) electrons. The molecule has 86 valence electrons. The molecule has 0 aliphatic heterocycles. The Kier molecular flexibility index (Phi) is 4.81. The molecule has 1 aromatic rings. The van der Waals surface area contributed by atoms with Crippen LogP contribution in [0.2, 0.25) is 0 Å². The molecule has 2 unspecified atom stereocenters. The second kappa shape index (κ2) is 5.46. The van der Waals surface area contributed by atoms with E-state index in [1.54, 1.807) is 0 Å². The minimum absolute atomic E-state index is 0.472. The molecular formula is C12H20BrNS. The fraction of sp³-hybridized carbons (Fsp3) is 0.667. The van der Waals surface area contributed by atoms with Crippen molar-refractivity contribution in [1.82, 2.24) is 5.32 Å². The Morgan fingerprint density at radius 3 is 2.27 bits per heavy atom. The first-order valence-electron chi connectivity index (χ1n) is 5.40. The van der Waals surface area contributed by atoms with Gasteiger partial charge in [0.2, 0.25) is 0 Å². The first-order valence-corrected chi connectivity index (χ1v) is 7.01. The Bertz CT molecular complexity index is 300. The number of halogens is 1. The molecule has 0 bridgehead atoms. The van der Waals surface area contributed by atoms with Gasteiger partial charge in [-0.1, -0.05) is 20.8 Å². The summed E-state index contributed by atoms with van der Waals surface area (Å²) in [4.78, 5) is 2.80. The topological polar surface area (TPSA) is 12.0 Å². The third kappa shape index (κ3) is 3.05. The minimum Gasteiger partial charge on any atom is -0.312 e. The van der Waals surface area contributed by atoms with E-state index < -0.39 is 0 Å². The third-order valence-corrected chi connectivity index (χ3v) is 5.29. The van der Waals surface area contributed by atoms with Crippen LogP contribution in [0.5, 0.6) is 0 Å². The quantitative estimate of drug-likeness (QED) is 0.868. The van der Waals surface area contributed by atoms with Crippen LogP contribution in [0.1, 0.15) is 36.6 Å². The highest BCUT2D eigenvalue weighted by Gasteiger charge is 2.22. The van der Waals surface area contributed by atoms with Crippen LogP contribution in [-0.4, -0.2) is 7.05 Å². The predicted octanol–water partition coefficient (Wildman–Crippen LogP) is 4.37. The van der Waals surface area contributed by atoms with Crippen LogP contribution < -0.4 is 5.32 Å². The van der Waals surface area contributed by atoms with E-state index in [4.69, 9.17) is 0 Å². The molecule has 0 fully saturated rings. The molecule has 1 nitrogen and oxygen atoms in total. The fourth-order valence-electron chi connectivity index (χ4n) is 1.68. The highest BCUT2D eigenvalue weighted by Crippen LogP contribution is 2.35. The van der Waals surface area contributed by atoms with Crippen LogP contribution >= 0.6 is 27.3 Å². The lowest BCUT2D eigenvalue weighted by atomic mass is 9.89. The first kappa shape index (κ1) is 13.2. The summed E-state index contributed by atoms with van der Waals surface area (Å²) < 4.78 is 1.23. The van der Waals surface area contributed by atoms with Crippen molar-refractivity contribution in [3.63, 3.8) is 0 Å². The molecule has 1 heterocycles. The van der Waals surface area contributed by atoms with E-state index in [1.165, 1.54) is 14.2 Å². The van der Waals surface area contributed by atoms with Gasteiger partial charge in [0.1, 0.15) is 0 Å². The van der Waals surface area contributed by atoms with Gasteiger partial charge >= 0.3 is 0 Å². The molecular weight excluding hydrogens is 270 g/mol. The molecule has 0 aliphatic carbocycles. The maximum absolute atomic E-state index is 3.58. The van der Waals surface area contributed by atoms with Gasteiger partial charge in [-0.25, -0.2) is 0 Å². The van der Waals surface area contributed by atoms with E-state index in [1.807, 2.05) is 18.4 Å². The van der Waals surface area contributed by atoms with Crippen LogP contribution in [0.15, 0.2) is 10.5 Å². The number of aryl methyl sites for hydroxylation is 1. The van der Waals surface area contributed by atoms with Crippen molar-refractivity contribution in [3.05, 3.63) is 20.3 Å². The zero-order valence-corrected chi connectivity index (χ0v) is 12.5. The molecule has 0 saturated heterocycles. The fourth-order valence-corrected chi connectivity index (χ4v) is 3.47. The van der Waals surface area contributed by atoms with E-state index in [-0.39, 0.29) is 0 Å². The highest BCUT2D eigenvalue weighted by molar-refractivity contribution is 9.10. The molecule has 0 saturated carbocycles. The third-order valence-electron chi connectivity index (χ3n) is 3.07. The van der Waals surface area contributed by atoms with Gasteiger partial charge < -0.3 is 5.32 Å². The van der Waals surface area contributed by atoms with Crippen LogP contribution in [-0.2, 0) is 0 Å². The number of thiophene rings is 1. The van der Waals surface area contributed by atoms with Crippen molar-refractivity contribution in [3.8, 4) is 0 Å². The van der Waals surface area contributed by atoms with E-state index in [9.17, 15) is 0 Å². The second-order valence-electron chi connectivity index (χ2n) is 4.42. The average Bonchev–Trinajstić information content (AvgIpc) is 2.47. The molecule has 2 atom stereocenters. The summed E-state index contributed by atoms with van der Waals surface area (Å²) >= 11 is 5.47. The number of rotatable bonds is 4. The summed E-state index contributed by atoms with van der Waals surface area (Å²) in [6, 6.07) is 2.72. The molecule has 0 amide bonds. The maximum atomic E-state index is 3.58. The van der Waals surface area contributed by atoms with E-state index >= 15 is 0 Å². The largest absolute Gasteiger partial charge is 0.312 e. The summed E-state index contributed by atoms with van der Waals surface area (Å²) in [6.45, 7) is 9.04. The Labute approximate surface area is 105 Å². The molecule has 0 aliphatic rings. The van der Waals surface area contributed by atoms with Gasteiger partial charge in [0.15, 0.2) is 0 Å². The molecule has 1 aromatic heterocycles. The van der Waals surface area contributed by atoms with Crippen molar-refractivity contribution < 1.29 is 0 Å². The first-order chi connectivity index (χ1) is 6.97. The number of hydrogen-bond acceptors (Lipinski definition) is 2. The normalized spacial score (nSPS) is 15.7. The summed E-state index contributed by atoms with van der Waals surface area (Å²) in [5.74, 6) is 1.35. The van der Waals surface area contributed by atoms with Crippen molar-refractivity contribution in [2.24, 2.45) is 11.8 Å². The van der Waals surface area contributed by atoms with Gasteiger partial charge in [-0.2, -0.15) is 0 Å². The Morgan fingerprint density at radius 1 is 1.33 bits per heavy atom. The van der Waals surface area contributed by atoms with Gasteiger partial charge in [0.05, 0.1) is 0 Å². The average molecular weight is 290 g/mol. The number of nitrogens with one attached hydrogen (secondary N) is 1. The standard InChI is InChI=1S/C12H20BrNS/c1-7(2)8(3)12(14-5)11-6-10(13)9(4)15-11/h6-8,12,14H,1-5H3. The van der Waals surface area contributed by atoms with Crippen molar-refractivity contribution >= 4 is 27.3 Å². The smallest absolute Gasteiger partial charge is 0.0441 e. The lowest BCUT2D eigenvalue weighted by Crippen LogP contribution is -2.25. The molecule has 3 heteroatoms. The highest BCUT2D eigenvalue weighted by atomic mass is 79.9. The van der Waals surface area contributed by atoms with E-state index in [2.05, 4.69) is 55.0 Å². The molecule has 1 N–H and O–H groups in total. The number of hydrogen-bond donors (Lipinski definition) is 1. The summed E-state index contributed by atoms with van der Waals surface area (Å²) in [5, 5.41) is 3.43. The van der Waals surface area contributed by atoms with Crippen molar-refractivity contribution in [2.45, 2.75) is 33.7 Å². The van der Waals surface area contributed by atoms with Gasteiger partial charge in [-0.15, -0.1) is 11.3 Å². The lowest BCUT2D eigenvalue weighted by Gasteiger charge is -2.25. The lowest BCUT2D eigenvalue weighted by molar-refractivity contribution is 0.320. The van der Waals surface area contributed by atoms with Crippen molar-refractivity contribution in [1.29, 1.82) is 0 Å². The molecule has 0 spiro atoms. The van der Waals surface area contributed by atoms with Gasteiger partial charge in [-0.05, 0) is 47.8 Å². The van der Waals surface area contributed by atoms with Crippen LogP contribution in [0.3, 0.4) is 0 Å². The van der Waals surface area contributed by atoms with Crippen LogP contribution in [0, 0.1) is 18.8 Å². The minimum atomic E-state index is 0.472. The van der Waals surface area contributed by atoms with E-state index in [0.717, 1.165) is 0 Å². The van der Waals surface area contributed by atoms with Crippen LogP contribution in [0.25, 0.3) is 0 Å². The Balaban J connectivity index is 2.92. The second-order valence-corrected chi connectivity index (χ2v) is 6.56. The molecule has 0 aromatic carbocycles. The maximum Gasteiger partial charge on any atom is 0.0441 e. The summed E-state index contributed by atoms with van der Waals surface area (Å²) in [7, 11) is 2.05. The van der Waals surface area contributed by atoms with E-state index in [0.29, 0.717) is 17.9 Å². The Hall–Kier alpha value is 0.140. The molecule has 15 heavy (non-hydrogen) atoms. The molecule has 1 rings (SSSR count). The van der Waals surface area contributed by atoms with Gasteiger partial charge in [0.25, 0.3) is 0 Å². The van der Waals surface area contributed by atoms with Gasteiger partial charge in [0, 0.05) is 20.3 Å². The summed E-state index contributed by atoms with van der Waals surface area (Å²) in [6.07, 6.45) is 0. The van der Waals surface area contributed by atoms with Gasteiger partial charge in [-0.3, -0.25) is 0 Å². The zero-order valence-electron chi connectivity index (χ0n) is 10.1.